The minimum Gasteiger partial charge on any atom is -0.497 e. The molecule has 0 atom stereocenters. The van der Waals surface area contributed by atoms with Gasteiger partial charge in [0.15, 0.2) is 0 Å². The summed E-state index contributed by atoms with van der Waals surface area (Å²) in [6.07, 6.45) is 8.60. The van der Waals surface area contributed by atoms with E-state index >= 15 is 0 Å². The molecule has 0 radical (unpaired) electrons. The third kappa shape index (κ3) is 4.91. The van der Waals surface area contributed by atoms with Gasteiger partial charge in [0.05, 0.1) is 19.0 Å². The van der Waals surface area contributed by atoms with E-state index in [-0.39, 0.29) is 0 Å². The van der Waals surface area contributed by atoms with Crippen LogP contribution in [0.3, 0.4) is 0 Å². The van der Waals surface area contributed by atoms with Crippen LogP contribution in [-0.2, 0) is 0 Å². The van der Waals surface area contributed by atoms with E-state index in [0.717, 1.165) is 51.3 Å². The molecular formula is C30H31N3O. The summed E-state index contributed by atoms with van der Waals surface area (Å²) >= 11 is 0. The molecule has 4 aromatic rings. The highest BCUT2D eigenvalue weighted by atomic mass is 16.5. The fourth-order valence-electron chi connectivity index (χ4n) is 4.77. The first-order valence-electron chi connectivity index (χ1n) is 12.1. The lowest BCUT2D eigenvalue weighted by molar-refractivity contribution is 0.415. The Morgan fingerprint density at radius 3 is 2.44 bits per heavy atom. The molecular weight excluding hydrogens is 418 g/mol. The van der Waals surface area contributed by atoms with Crippen molar-refractivity contribution in [1.29, 1.82) is 0 Å². The van der Waals surface area contributed by atoms with E-state index in [1.165, 1.54) is 37.7 Å². The van der Waals surface area contributed by atoms with Gasteiger partial charge in [-0.25, -0.2) is 4.98 Å². The predicted molar refractivity (Wildman–Crippen MR) is 141 cm³/mol. The summed E-state index contributed by atoms with van der Waals surface area (Å²) < 4.78 is 5.25. The van der Waals surface area contributed by atoms with Crippen molar-refractivity contribution < 1.29 is 4.74 Å². The van der Waals surface area contributed by atoms with E-state index in [1.807, 2.05) is 36.5 Å². The number of hydrogen-bond acceptors (Lipinski definition) is 3. The molecule has 0 bridgehead atoms. The third-order valence-electron chi connectivity index (χ3n) is 6.74. The zero-order chi connectivity index (χ0) is 23.3. The van der Waals surface area contributed by atoms with Crippen LogP contribution in [0.4, 0.5) is 5.69 Å². The number of anilines is 1. The van der Waals surface area contributed by atoms with E-state index in [9.17, 15) is 0 Å². The van der Waals surface area contributed by atoms with E-state index in [1.54, 1.807) is 7.11 Å². The van der Waals surface area contributed by atoms with Crippen molar-refractivity contribution in [3.63, 3.8) is 0 Å². The second kappa shape index (κ2) is 10.0. The van der Waals surface area contributed by atoms with Crippen LogP contribution in [0.25, 0.3) is 28.3 Å². The molecule has 2 N–H and O–H groups in total. The molecule has 5 rings (SSSR count). The van der Waals surface area contributed by atoms with Crippen molar-refractivity contribution in [2.24, 2.45) is 0 Å². The van der Waals surface area contributed by atoms with Gasteiger partial charge in [0, 0.05) is 16.9 Å². The van der Waals surface area contributed by atoms with Crippen LogP contribution in [0.1, 0.15) is 49.1 Å². The van der Waals surface area contributed by atoms with Crippen molar-refractivity contribution in [2.45, 2.75) is 38.0 Å². The first kappa shape index (κ1) is 22.0. The topological polar surface area (TPSA) is 49.9 Å². The molecule has 1 aliphatic rings. The minimum atomic E-state index is 0.719. The van der Waals surface area contributed by atoms with Crippen molar-refractivity contribution in [3.8, 4) is 28.4 Å². The average Bonchev–Trinajstić information content (AvgIpc) is 3.40. The zero-order valence-electron chi connectivity index (χ0n) is 19.7. The Bertz CT molecular complexity index is 1250. The number of rotatable bonds is 7. The lowest BCUT2D eigenvalue weighted by atomic mass is 9.84. The van der Waals surface area contributed by atoms with Gasteiger partial charge in [-0.3, -0.25) is 0 Å². The predicted octanol–water partition coefficient (Wildman–Crippen LogP) is 7.88. The minimum absolute atomic E-state index is 0.719. The highest BCUT2D eigenvalue weighted by molar-refractivity contribution is 5.77. The van der Waals surface area contributed by atoms with Gasteiger partial charge in [-0.15, -0.1) is 0 Å². The molecule has 34 heavy (non-hydrogen) atoms. The van der Waals surface area contributed by atoms with Crippen LogP contribution in [0.15, 0.2) is 85.6 Å². The first-order chi connectivity index (χ1) is 16.7. The van der Waals surface area contributed by atoms with Crippen LogP contribution in [0, 0.1) is 0 Å². The Morgan fingerprint density at radius 1 is 0.941 bits per heavy atom. The normalized spacial score (nSPS) is 14.0. The van der Waals surface area contributed by atoms with E-state index in [0.29, 0.717) is 0 Å². The number of hydrogen-bond donors (Lipinski definition) is 2. The Hall–Kier alpha value is -3.79. The number of nitrogens with zero attached hydrogens (tertiary/aromatic N) is 1. The number of methoxy groups -OCH3 is 1. The number of H-pyrrole nitrogens is 1. The molecule has 1 saturated carbocycles. The van der Waals surface area contributed by atoms with Gasteiger partial charge >= 0.3 is 0 Å². The Morgan fingerprint density at radius 2 is 1.71 bits per heavy atom. The zero-order valence-corrected chi connectivity index (χ0v) is 19.7. The average molecular weight is 450 g/mol. The molecule has 1 heterocycles. The summed E-state index contributed by atoms with van der Waals surface area (Å²) in [5, 5.41) is 3.47. The van der Waals surface area contributed by atoms with E-state index in [4.69, 9.17) is 4.74 Å². The number of imidazole rings is 1. The fraction of sp³-hybridized carbons (Fsp3) is 0.233. The van der Waals surface area contributed by atoms with Crippen molar-refractivity contribution in [3.05, 3.63) is 96.7 Å². The summed E-state index contributed by atoms with van der Waals surface area (Å²) in [6, 6.07) is 25.1. The molecule has 1 fully saturated rings. The lowest BCUT2D eigenvalue weighted by Gasteiger charge is -2.22. The lowest BCUT2D eigenvalue weighted by Crippen LogP contribution is -2.04. The van der Waals surface area contributed by atoms with Gasteiger partial charge in [0.2, 0.25) is 0 Å². The van der Waals surface area contributed by atoms with E-state index in [2.05, 4.69) is 64.3 Å². The summed E-state index contributed by atoms with van der Waals surface area (Å²) in [4.78, 5) is 8.03. The van der Waals surface area contributed by atoms with Crippen LogP contribution < -0.4 is 10.1 Å². The second-order valence-corrected chi connectivity index (χ2v) is 9.02. The van der Waals surface area contributed by atoms with E-state index < -0.39 is 0 Å². The first-order valence-corrected chi connectivity index (χ1v) is 12.1. The molecule has 4 heteroatoms. The van der Waals surface area contributed by atoms with Gasteiger partial charge in [-0.05, 0) is 71.8 Å². The van der Waals surface area contributed by atoms with Crippen molar-refractivity contribution in [1.82, 2.24) is 9.97 Å². The summed E-state index contributed by atoms with van der Waals surface area (Å²) in [7, 11) is 1.67. The molecule has 0 amide bonds. The molecule has 3 aromatic carbocycles. The second-order valence-electron chi connectivity index (χ2n) is 9.02. The Labute approximate surface area is 201 Å². The highest BCUT2D eigenvalue weighted by Gasteiger charge is 2.15. The molecule has 0 aliphatic heterocycles. The van der Waals surface area contributed by atoms with Crippen LogP contribution in [-0.4, -0.2) is 17.1 Å². The van der Waals surface area contributed by atoms with Gasteiger partial charge in [-0.1, -0.05) is 62.2 Å². The summed E-state index contributed by atoms with van der Waals surface area (Å²) in [5.74, 6) is 2.39. The maximum atomic E-state index is 5.25. The number of aromatic amines is 1. The van der Waals surface area contributed by atoms with Gasteiger partial charge in [-0.2, -0.15) is 0 Å². The molecule has 172 valence electrons. The van der Waals surface area contributed by atoms with Crippen LogP contribution in [0.5, 0.6) is 5.75 Å². The smallest absolute Gasteiger partial charge is 0.137 e. The third-order valence-corrected chi connectivity index (χ3v) is 6.74. The number of ether oxygens (including phenoxy) is 1. The highest BCUT2D eigenvalue weighted by Crippen LogP contribution is 2.33. The largest absolute Gasteiger partial charge is 0.497 e. The Kier molecular flexibility index (Phi) is 6.48. The summed E-state index contributed by atoms with van der Waals surface area (Å²) in [6.45, 7) is 4.28. The Balaban J connectivity index is 1.28. The molecule has 0 saturated heterocycles. The fourth-order valence-corrected chi connectivity index (χ4v) is 4.77. The number of benzene rings is 3. The molecule has 1 aliphatic carbocycles. The SMILES string of the molecule is C=C(Nc1cccc(-c2ncc(-c3ccc(OC)cc3)[nH]2)c1)c1ccc(C2CCCCC2)cc1. The summed E-state index contributed by atoms with van der Waals surface area (Å²) in [5.41, 5.74) is 7.52. The van der Waals surface area contributed by atoms with Crippen molar-refractivity contribution >= 4 is 11.4 Å². The molecule has 0 spiro atoms. The maximum Gasteiger partial charge on any atom is 0.137 e. The monoisotopic (exact) mass is 449 g/mol. The van der Waals surface area contributed by atoms with Gasteiger partial charge in [0.25, 0.3) is 0 Å². The number of aromatic nitrogens is 2. The van der Waals surface area contributed by atoms with Crippen molar-refractivity contribution in [2.75, 3.05) is 12.4 Å². The molecule has 4 nitrogen and oxygen atoms in total. The van der Waals surface area contributed by atoms with Gasteiger partial charge in [0.1, 0.15) is 11.6 Å². The van der Waals surface area contributed by atoms with Crippen LogP contribution >= 0.6 is 0 Å². The molecule has 0 unspecified atom stereocenters. The van der Waals surface area contributed by atoms with Gasteiger partial charge < -0.3 is 15.0 Å². The molecule has 1 aromatic heterocycles. The standard InChI is InChI=1S/C30H31N3O/c1-21(22-11-13-24(14-12-22)23-7-4-3-5-8-23)32-27-10-6-9-26(19-27)30-31-20-29(33-30)25-15-17-28(34-2)18-16-25/h6,9-20,23,32H,1,3-5,7-8H2,2H3,(H,31,33). The quantitative estimate of drug-likeness (QED) is 0.302. The number of nitrogens with one attached hydrogen (secondary N) is 2. The maximum absolute atomic E-state index is 5.25. The van der Waals surface area contributed by atoms with Crippen LogP contribution in [0.2, 0.25) is 0 Å².